The predicted molar refractivity (Wildman–Crippen MR) is 52.0 cm³/mol. The highest BCUT2D eigenvalue weighted by molar-refractivity contribution is 5.37. The quantitative estimate of drug-likeness (QED) is 0.712. The van der Waals surface area contributed by atoms with E-state index < -0.39 is 0 Å². The Morgan fingerprint density at radius 2 is 2.08 bits per heavy atom. The molecule has 0 saturated heterocycles. The van der Waals surface area contributed by atoms with E-state index in [-0.39, 0.29) is 5.95 Å². The van der Waals surface area contributed by atoms with Crippen LogP contribution in [0.5, 0.6) is 0 Å². The summed E-state index contributed by atoms with van der Waals surface area (Å²) in [6.45, 7) is 2.17. The van der Waals surface area contributed by atoms with Gasteiger partial charge in [-0.05, 0) is 18.8 Å². The minimum atomic E-state index is 0.280. The van der Waals surface area contributed by atoms with Crippen molar-refractivity contribution in [1.82, 2.24) is 9.97 Å². The molecule has 2 rings (SSSR count). The largest absolute Gasteiger partial charge is 0.384 e. The lowest BCUT2D eigenvalue weighted by atomic mass is 10.0. The van der Waals surface area contributed by atoms with Crippen molar-refractivity contribution in [1.29, 1.82) is 0 Å². The summed E-state index contributed by atoms with van der Waals surface area (Å²) >= 11 is 0. The highest BCUT2D eigenvalue weighted by Crippen LogP contribution is 2.41. The summed E-state index contributed by atoms with van der Waals surface area (Å²) < 4.78 is 0. The predicted octanol–water partition coefficient (Wildman–Crippen LogP) is 1.15. The Morgan fingerprint density at radius 1 is 1.38 bits per heavy atom. The summed E-state index contributed by atoms with van der Waals surface area (Å²) in [6.07, 6.45) is 2.59. The normalized spacial score (nSPS) is 18.5. The Balaban J connectivity index is 2.27. The van der Waals surface area contributed by atoms with E-state index in [4.69, 9.17) is 11.5 Å². The molecular formula is C9H14N4. The minimum absolute atomic E-state index is 0.280. The molecule has 1 aliphatic carbocycles. The van der Waals surface area contributed by atoms with Crippen molar-refractivity contribution in [3.63, 3.8) is 0 Å². The van der Waals surface area contributed by atoms with Crippen molar-refractivity contribution in [3.8, 4) is 0 Å². The Morgan fingerprint density at radius 3 is 2.62 bits per heavy atom. The van der Waals surface area contributed by atoms with E-state index in [0.717, 1.165) is 11.6 Å². The average Bonchev–Trinajstić information content (AvgIpc) is 2.83. The van der Waals surface area contributed by atoms with Crippen LogP contribution >= 0.6 is 0 Å². The SMILES string of the molecule is CC(c1cc(N)nc(N)n1)C1CC1. The van der Waals surface area contributed by atoms with Crippen LogP contribution in [0.25, 0.3) is 0 Å². The first kappa shape index (κ1) is 8.29. The molecule has 0 spiro atoms. The zero-order valence-corrected chi connectivity index (χ0v) is 7.70. The second kappa shape index (κ2) is 2.87. The van der Waals surface area contributed by atoms with Crippen molar-refractivity contribution >= 4 is 11.8 Å². The molecule has 1 aliphatic rings. The maximum atomic E-state index is 5.59. The molecule has 0 aromatic carbocycles. The lowest BCUT2D eigenvalue weighted by Gasteiger charge is -2.09. The number of nitrogens with two attached hydrogens (primary N) is 2. The molecule has 0 amide bonds. The monoisotopic (exact) mass is 178 g/mol. The van der Waals surface area contributed by atoms with Crippen molar-refractivity contribution in [3.05, 3.63) is 11.8 Å². The van der Waals surface area contributed by atoms with Gasteiger partial charge in [-0.2, -0.15) is 4.98 Å². The zero-order chi connectivity index (χ0) is 9.42. The van der Waals surface area contributed by atoms with E-state index in [0.29, 0.717) is 11.7 Å². The van der Waals surface area contributed by atoms with Gasteiger partial charge in [0.1, 0.15) is 5.82 Å². The van der Waals surface area contributed by atoms with E-state index in [2.05, 4.69) is 16.9 Å². The van der Waals surface area contributed by atoms with Crippen LogP contribution in [-0.2, 0) is 0 Å². The van der Waals surface area contributed by atoms with Crippen LogP contribution in [0.2, 0.25) is 0 Å². The van der Waals surface area contributed by atoms with Gasteiger partial charge in [0.25, 0.3) is 0 Å². The van der Waals surface area contributed by atoms with Crippen LogP contribution in [0.4, 0.5) is 11.8 Å². The number of nitrogens with zero attached hydrogens (tertiary/aromatic N) is 2. The van der Waals surface area contributed by atoms with E-state index in [1.807, 2.05) is 6.07 Å². The highest BCUT2D eigenvalue weighted by Gasteiger charge is 2.30. The number of aromatic nitrogens is 2. The van der Waals surface area contributed by atoms with E-state index in [9.17, 15) is 0 Å². The number of hydrogen-bond donors (Lipinski definition) is 2. The molecule has 4 N–H and O–H groups in total. The van der Waals surface area contributed by atoms with Gasteiger partial charge in [0.15, 0.2) is 0 Å². The number of anilines is 2. The summed E-state index contributed by atoms with van der Waals surface area (Å²) in [5.74, 6) is 1.98. The first-order valence-corrected chi connectivity index (χ1v) is 4.56. The average molecular weight is 178 g/mol. The topological polar surface area (TPSA) is 77.8 Å². The molecule has 1 heterocycles. The second-order valence-corrected chi connectivity index (χ2v) is 3.70. The van der Waals surface area contributed by atoms with Crippen LogP contribution in [0, 0.1) is 5.92 Å². The molecule has 1 aromatic heterocycles. The van der Waals surface area contributed by atoms with Crippen molar-refractivity contribution < 1.29 is 0 Å². The van der Waals surface area contributed by atoms with Crippen LogP contribution < -0.4 is 11.5 Å². The Hall–Kier alpha value is -1.32. The van der Waals surface area contributed by atoms with Crippen LogP contribution in [0.1, 0.15) is 31.4 Å². The van der Waals surface area contributed by atoms with Crippen LogP contribution in [0.15, 0.2) is 6.07 Å². The first-order valence-electron chi connectivity index (χ1n) is 4.56. The molecule has 13 heavy (non-hydrogen) atoms. The molecule has 1 aromatic rings. The summed E-state index contributed by atoms with van der Waals surface area (Å²) in [5, 5.41) is 0. The van der Waals surface area contributed by atoms with Crippen molar-refractivity contribution in [2.75, 3.05) is 11.5 Å². The van der Waals surface area contributed by atoms with Gasteiger partial charge in [0, 0.05) is 12.0 Å². The fourth-order valence-corrected chi connectivity index (χ4v) is 1.58. The highest BCUT2D eigenvalue weighted by atomic mass is 15.0. The number of nitrogen functional groups attached to an aromatic ring is 2. The third kappa shape index (κ3) is 1.71. The molecular weight excluding hydrogens is 164 g/mol. The van der Waals surface area contributed by atoms with Gasteiger partial charge in [-0.25, -0.2) is 4.98 Å². The zero-order valence-electron chi connectivity index (χ0n) is 7.70. The van der Waals surface area contributed by atoms with Gasteiger partial charge in [0.2, 0.25) is 5.95 Å². The number of rotatable bonds is 2. The molecule has 70 valence electrons. The standard InChI is InChI=1S/C9H14N4/c1-5(6-2-3-6)7-4-8(10)13-9(11)12-7/h4-6H,2-3H2,1H3,(H4,10,11,12,13). The molecule has 1 saturated carbocycles. The maximum absolute atomic E-state index is 5.59. The van der Waals surface area contributed by atoms with Gasteiger partial charge in [-0.15, -0.1) is 0 Å². The van der Waals surface area contributed by atoms with E-state index in [1.165, 1.54) is 12.8 Å². The Labute approximate surface area is 77.4 Å². The fraction of sp³-hybridized carbons (Fsp3) is 0.556. The lowest BCUT2D eigenvalue weighted by Crippen LogP contribution is -2.06. The van der Waals surface area contributed by atoms with Gasteiger partial charge in [0.05, 0.1) is 5.69 Å². The molecule has 0 aliphatic heterocycles. The Bertz CT molecular complexity index is 299. The summed E-state index contributed by atoms with van der Waals surface area (Å²) in [7, 11) is 0. The third-order valence-electron chi connectivity index (χ3n) is 2.58. The van der Waals surface area contributed by atoms with Crippen LogP contribution in [0.3, 0.4) is 0 Å². The van der Waals surface area contributed by atoms with E-state index >= 15 is 0 Å². The summed E-state index contributed by atoms with van der Waals surface area (Å²) in [5.41, 5.74) is 12.1. The molecule has 1 unspecified atom stereocenters. The van der Waals surface area contributed by atoms with Crippen LogP contribution in [-0.4, -0.2) is 9.97 Å². The lowest BCUT2D eigenvalue weighted by molar-refractivity contribution is 0.643. The fourth-order valence-electron chi connectivity index (χ4n) is 1.58. The number of hydrogen-bond acceptors (Lipinski definition) is 4. The molecule has 4 nitrogen and oxygen atoms in total. The third-order valence-corrected chi connectivity index (χ3v) is 2.58. The van der Waals surface area contributed by atoms with Gasteiger partial charge in [-0.3, -0.25) is 0 Å². The molecule has 4 heteroatoms. The molecule has 0 bridgehead atoms. The first-order chi connectivity index (χ1) is 6.16. The minimum Gasteiger partial charge on any atom is -0.384 e. The molecule has 1 fully saturated rings. The van der Waals surface area contributed by atoms with Gasteiger partial charge < -0.3 is 11.5 Å². The molecule has 0 radical (unpaired) electrons. The summed E-state index contributed by atoms with van der Waals surface area (Å²) in [4.78, 5) is 8.02. The van der Waals surface area contributed by atoms with E-state index in [1.54, 1.807) is 0 Å². The maximum Gasteiger partial charge on any atom is 0.222 e. The van der Waals surface area contributed by atoms with Gasteiger partial charge >= 0.3 is 0 Å². The van der Waals surface area contributed by atoms with Gasteiger partial charge in [-0.1, -0.05) is 6.92 Å². The van der Waals surface area contributed by atoms with Crippen molar-refractivity contribution in [2.45, 2.75) is 25.7 Å². The summed E-state index contributed by atoms with van der Waals surface area (Å²) in [6, 6.07) is 1.82. The second-order valence-electron chi connectivity index (χ2n) is 3.70. The Kier molecular flexibility index (Phi) is 1.83. The smallest absolute Gasteiger partial charge is 0.222 e. The molecule has 1 atom stereocenters. The van der Waals surface area contributed by atoms with Crippen molar-refractivity contribution in [2.24, 2.45) is 5.92 Å².